The number of amides is 4. The van der Waals surface area contributed by atoms with Crippen LogP contribution in [0.3, 0.4) is 0 Å². The van der Waals surface area contributed by atoms with Crippen LogP contribution in [0, 0.1) is 28.1 Å². The standard InChI is InChI=1S/C43H53F3N6O9/c1-24(60-22-41-10-6-27(7-11-41)61-23-41)34(38(57)50-12-8-25(9-13-50)28-5-4-26(43(44,45)46)14-29(28)39(58)59)49-35(54)31-18-51(37(56)32-16-48-33(53)17-47-32)19-42(31)20-52(21-42)36(55)30-15-40(30,2)3/h4-5,14,16-17,24-25,27,30-31,34H,6-13,15,18-23H2,1-3H3,(H,48,53)(H,49,54)(H,58,59)/t24-,27?,30-,31+,34+,41?/m1/s1. The average Bonchev–Trinajstić information content (AvgIpc) is 3.68. The van der Waals surface area contributed by atoms with Gasteiger partial charge in [-0.3, -0.25) is 24.0 Å². The van der Waals surface area contributed by atoms with Gasteiger partial charge in [-0.25, -0.2) is 9.78 Å². The van der Waals surface area contributed by atoms with E-state index in [1.54, 1.807) is 16.7 Å². The number of aromatic nitrogens is 2. The highest BCUT2D eigenvalue weighted by Gasteiger charge is 2.62. The Balaban J connectivity index is 1.02. The number of alkyl halides is 3. The molecular formula is C43H53F3N6O9. The van der Waals surface area contributed by atoms with Gasteiger partial charge < -0.3 is 39.6 Å². The van der Waals surface area contributed by atoms with E-state index in [0.29, 0.717) is 19.3 Å². The fraction of sp³-hybridized carbons (Fsp3) is 0.651. The maximum absolute atomic E-state index is 14.7. The first-order valence-electron chi connectivity index (χ1n) is 21.2. The summed E-state index contributed by atoms with van der Waals surface area (Å²) in [6.45, 7) is 7.55. The molecule has 5 saturated heterocycles. The Kier molecular flexibility index (Phi) is 11.1. The lowest BCUT2D eigenvalue weighted by Gasteiger charge is -2.50. The zero-order valence-corrected chi connectivity index (χ0v) is 34.6. The predicted molar refractivity (Wildman–Crippen MR) is 210 cm³/mol. The van der Waals surface area contributed by atoms with E-state index in [1.165, 1.54) is 17.2 Å². The van der Waals surface area contributed by atoms with Crippen molar-refractivity contribution in [3.63, 3.8) is 0 Å². The molecule has 1 aromatic heterocycles. The second kappa shape index (κ2) is 15.8. The molecule has 6 heterocycles. The van der Waals surface area contributed by atoms with E-state index in [0.717, 1.165) is 44.4 Å². The van der Waals surface area contributed by atoms with Gasteiger partial charge in [0.25, 0.3) is 11.5 Å². The summed E-state index contributed by atoms with van der Waals surface area (Å²) in [6, 6.07) is 1.55. The molecule has 7 aliphatic rings. The number of aromatic amines is 1. The van der Waals surface area contributed by atoms with E-state index < -0.39 is 75.9 Å². The second-order valence-corrected chi connectivity index (χ2v) is 19.1. The van der Waals surface area contributed by atoms with Crippen molar-refractivity contribution in [2.75, 3.05) is 52.5 Å². The minimum absolute atomic E-state index is 0.00635. The Morgan fingerprint density at radius 1 is 1.02 bits per heavy atom. The Bertz CT molecular complexity index is 2100. The van der Waals surface area contributed by atoms with Gasteiger partial charge in [-0.1, -0.05) is 19.9 Å². The summed E-state index contributed by atoms with van der Waals surface area (Å²) in [5, 5.41) is 12.8. The number of nitrogens with zero attached hydrogens (tertiary/aromatic N) is 4. The second-order valence-electron chi connectivity index (χ2n) is 19.1. The molecule has 5 aliphatic heterocycles. The number of hydrogen-bond acceptors (Lipinski definition) is 9. The third-order valence-electron chi connectivity index (χ3n) is 14.4. The lowest BCUT2D eigenvalue weighted by atomic mass is 9.70. The Morgan fingerprint density at radius 2 is 1.69 bits per heavy atom. The number of carbonyl (C=O) groups is 5. The number of H-pyrrole nitrogens is 1. The number of ether oxygens (including phenoxy) is 2. The van der Waals surface area contributed by atoms with Crippen LogP contribution in [0.1, 0.15) is 104 Å². The lowest BCUT2D eigenvalue weighted by Crippen LogP contribution is -2.65. The van der Waals surface area contributed by atoms with Crippen molar-refractivity contribution in [2.24, 2.45) is 28.1 Å². The highest BCUT2D eigenvalue weighted by molar-refractivity contribution is 5.95. The number of rotatable bonds is 11. The van der Waals surface area contributed by atoms with Crippen LogP contribution in [0.5, 0.6) is 0 Å². The molecule has 2 aliphatic carbocycles. The SMILES string of the molecule is C[C@@H](OCC12CCC(CC1)OC2)[C@H](NC(=O)[C@@H]1CN(C(=O)c2c[nH]c(=O)cn2)CC12CN(C(=O)[C@H]1CC1(C)C)C2)C(=O)N1CCC(c2ccc(C(F)(F)F)cc2C(=O)O)CC1. The molecule has 3 N–H and O–H groups in total. The van der Waals surface area contributed by atoms with E-state index in [-0.39, 0.29) is 92.1 Å². The summed E-state index contributed by atoms with van der Waals surface area (Å²) in [4.78, 5) is 91.5. The van der Waals surface area contributed by atoms with Gasteiger partial charge >= 0.3 is 12.1 Å². The summed E-state index contributed by atoms with van der Waals surface area (Å²) in [5.41, 5.74) is -2.85. The quantitative estimate of drug-likeness (QED) is 0.301. The fourth-order valence-corrected chi connectivity index (χ4v) is 10.3. The molecule has 0 unspecified atom stereocenters. The number of carboxylic acid groups (broad SMARTS) is 1. The van der Waals surface area contributed by atoms with Crippen LogP contribution in [-0.2, 0) is 30.0 Å². The number of carboxylic acids is 1. The maximum Gasteiger partial charge on any atom is 0.416 e. The molecule has 4 atom stereocenters. The zero-order chi connectivity index (χ0) is 43.6. The first kappa shape index (κ1) is 42.8. The molecular weight excluding hydrogens is 802 g/mol. The number of hydrogen-bond donors (Lipinski definition) is 3. The van der Waals surface area contributed by atoms with Crippen LogP contribution in [0.25, 0.3) is 0 Å². The van der Waals surface area contributed by atoms with Crippen molar-refractivity contribution < 1.29 is 51.7 Å². The fourth-order valence-electron chi connectivity index (χ4n) is 10.3. The first-order valence-corrected chi connectivity index (χ1v) is 21.2. The average molecular weight is 855 g/mol. The van der Waals surface area contributed by atoms with Crippen molar-refractivity contribution in [1.82, 2.24) is 30.0 Å². The van der Waals surface area contributed by atoms with E-state index in [2.05, 4.69) is 15.3 Å². The number of aromatic carboxylic acids is 1. The van der Waals surface area contributed by atoms with Gasteiger partial charge in [-0.2, -0.15) is 13.2 Å². The van der Waals surface area contributed by atoms with E-state index >= 15 is 0 Å². The molecule has 2 aromatic rings. The van der Waals surface area contributed by atoms with Crippen LogP contribution in [0.2, 0.25) is 0 Å². The predicted octanol–water partition coefficient (Wildman–Crippen LogP) is 3.69. The zero-order valence-electron chi connectivity index (χ0n) is 34.6. The summed E-state index contributed by atoms with van der Waals surface area (Å²) in [7, 11) is 0. The van der Waals surface area contributed by atoms with Crippen LogP contribution >= 0.6 is 0 Å². The number of benzene rings is 1. The molecule has 9 rings (SSSR count). The monoisotopic (exact) mass is 854 g/mol. The van der Waals surface area contributed by atoms with Crippen molar-refractivity contribution >= 4 is 29.6 Å². The Morgan fingerprint density at radius 3 is 2.26 bits per heavy atom. The summed E-state index contributed by atoms with van der Waals surface area (Å²) in [6.07, 6.45) is 1.91. The summed E-state index contributed by atoms with van der Waals surface area (Å²) < 4.78 is 52.9. The molecule has 18 heteroatoms. The highest BCUT2D eigenvalue weighted by atomic mass is 19.4. The van der Waals surface area contributed by atoms with Crippen LogP contribution in [-0.4, -0.2) is 130 Å². The molecule has 2 bridgehead atoms. The number of carbonyl (C=O) groups excluding carboxylic acids is 4. The van der Waals surface area contributed by atoms with Gasteiger partial charge in [0.05, 0.1) is 48.7 Å². The molecule has 2 saturated carbocycles. The minimum atomic E-state index is -4.71. The third-order valence-corrected chi connectivity index (χ3v) is 14.4. The van der Waals surface area contributed by atoms with E-state index in [9.17, 15) is 47.0 Å². The Labute approximate surface area is 350 Å². The number of fused-ring (bicyclic) bond motifs is 3. The van der Waals surface area contributed by atoms with E-state index in [4.69, 9.17) is 9.47 Å². The molecule has 1 spiro atoms. The van der Waals surface area contributed by atoms with E-state index in [1.807, 2.05) is 13.8 Å². The van der Waals surface area contributed by atoms with Gasteiger partial charge in [-0.05, 0) is 80.9 Å². The molecule has 0 radical (unpaired) electrons. The largest absolute Gasteiger partial charge is 0.478 e. The van der Waals surface area contributed by atoms with Crippen LogP contribution in [0.15, 0.2) is 35.4 Å². The summed E-state index contributed by atoms with van der Waals surface area (Å²) in [5.74, 6) is -4.23. The highest BCUT2D eigenvalue weighted by Crippen LogP contribution is 2.55. The number of piperidine rings is 1. The number of halogens is 3. The smallest absolute Gasteiger partial charge is 0.416 e. The van der Waals surface area contributed by atoms with Gasteiger partial charge in [0, 0.05) is 62.2 Å². The number of likely N-dealkylation sites (tertiary alicyclic amines) is 3. The van der Waals surface area contributed by atoms with Crippen LogP contribution in [0.4, 0.5) is 13.2 Å². The Hall–Kier alpha value is -4.84. The van der Waals surface area contributed by atoms with Gasteiger partial charge in [-0.15, -0.1) is 0 Å². The number of nitrogens with one attached hydrogen (secondary N) is 2. The van der Waals surface area contributed by atoms with Crippen molar-refractivity contribution in [3.8, 4) is 0 Å². The lowest BCUT2D eigenvalue weighted by molar-refractivity contribution is -0.159. The molecule has 330 valence electrons. The van der Waals surface area contributed by atoms with Gasteiger partial charge in [0.2, 0.25) is 17.7 Å². The summed E-state index contributed by atoms with van der Waals surface area (Å²) >= 11 is 0. The van der Waals surface area contributed by atoms with Crippen LogP contribution < -0.4 is 10.9 Å². The van der Waals surface area contributed by atoms with Gasteiger partial charge in [0.1, 0.15) is 11.7 Å². The van der Waals surface area contributed by atoms with Crippen molar-refractivity contribution in [2.45, 2.75) is 96.1 Å². The molecule has 1 aromatic carbocycles. The molecule has 4 amide bonds. The molecule has 15 nitrogen and oxygen atoms in total. The minimum Gasteiger partial charge on any atom is -0.478 e. The maximum atomic E-state index is 14.7. The normalized spacial score (nSPS) is 27.6. The van der Waals surface area contributed by atoms with Crippen molar-refractivity contribution in [3.05, 3.63) is 63.3 Å². The topological polar surface area (TPSA) is 192 Å². The third kappa shape index (κ3) is 8.41. The first-order chi connectivity index (χ1) is 28.8. The van der Waals surface area contributed by atoms with Gasteiger partial charge in [0.15, 0.2) is 0 Å². The molecule has 61 heavy (non-hydrogen) atoms. The van der Waals surface area contributed by atoms with Crippen molar-refractivity contribution in [1.29, 1.82) is 0 Å². The molecule has 7 fully saturated rings.